The van der Waals surface area contributed by atoms with Crippen LogP contribution in [0.4, 0.5) is 0 Å². The van der Waals surface area contributed by atoms with Crippen LogP contribution in [-0.2, 0) is 4.79 Å². The fourth-order valence-corrected chi connectivity index (χ4v) is 3.20. The Hall–Kier alpha value is -1.62. The number of hydrogen-bond donors (Lipinski definition) is 2. The summed E-state index contributed by atoms with van der Waals surface area (Å²) in [7, 11) is 0. The van der Waals surface area contributed by atoms with Crippen molar-refractivity contribution in [2.75, 3.05) is 6.61 Å². The fraction of sp³-hybridized carbons (Fsp3) is 0.467. The summed E-state index contributed by atoms with van der Waals surface area (Å²) in [5.41, 5.74) is 6.19. The number of hydrogen-bond acceptors (Lipinski definition) is 3. The monoisotopic (exact) mass is 290 g/mol. The van der Waals surface area contributed by atoms with Crippen molar-refractivity contribution in [1.82, 2.24) is 5.32 Å². The Morgan fingerprint density at radius 2 is 2.15 bits per heavy atom. The average molecular weight is 290 g/mol. The van der Waals surface area contributed by atoms with Gasteiger partial charge in [0.2, 0.25) is 5.91 Å². The molecule has 1 unspecified atom stereocenters. The highest BCUT2D eigenvalue weighted by Gasteiger charge is 2.47. The summed E-state index contributed by atoms with van der Waals surface area (Å²) in [6, 6.07) is 7.80. The van der Waals surface area contributed by atoms with Crippen LogP contribution in [0.2, 0.25) is 0 Å². The number of carbonyl (C=O) groups is 1. The smallest absolute Gasteiger partial charge is 0.233 e. The average Bonchev–Trinajstić information content (AvgIpc) is 2.37. The summed E-state index contributed by atoms with van der Waals surface area (Å²) in [5.74, 6) is 0.819. The van der Waals surface area contributed by atoms with E-state index in [9.17, 15) is 4.79 Å². The van der Waals surface area contributed by atoms with E-state index in [1.165, 1.54) is 0 Å². The minimum absolute atomic E-state index is 0.0146. The zero-order chi connectivity index (χ0) is 14.2. The largest absolute Gasteiger partial charge is 0.493 e. The number of benzene rings is 1. The van der Waals surface area contributed by atoms with E-state index in [1.807, 2.05) is 24.3 Å². The lowest BCUT2D eigenvalue weighted by Crippen LogP contribution is -2.54. The van der Waals surface area contributed by atoms with Crippen molar-refractivity contribution in [2.24, 2.45) is 11.1 Å². The molecule has 1 aliphatic heterocycles. The first-order valence-corrected chi connectivity index (χ1v) is 7.37. The topological polar surface area (TPSA) is 64.4 Å². The molecule has 0 bridgehead atoms. The molecule has 20 heavy (non-hydrogen) atoms. The number of nitrogens with one attached hydrogen (secondary N) is 1. The molecule has 1 aliphatic carbocycles. The van der Waals surface area contributed by atoms with Gasteiger partial charge in [-0.25, -0.2) is 0 Å². The van der Waals surface area contributed by atoms with Crippen molar-refractivity contribution < 1.29 is 9.53 Å². The van der Waals surface area contributed by atoms with Crippen LogP contribution in [0.15, 0.2) is 24.3 Å². The summed E-state index contributed by atoms with van der Waals surface area (Å²) >= 11 is 5.09. The Balaban J connectivity index is 1.79. The molecule has 0 aromatic heterocycles. The van der Waals surface area contributed by atoms with Gasteiger partial charge in [-0.15, -0.1) is 0 Å². The van der Waals surface area contributed by atoms with Gasteiger partial charge in [-0.05, 0) is 18.9 Å². The number of fused-ring (bicyclic) bond motifs is 1. The van der Waals surface area contributed by atoms with E-state index in [0.717, 1.165) is 37.0 Å². The van der Waals surface area contributed by atoms with Crippen LogP contribution in [0.25, 0.3) is 0 Å². The highest BCUT2D eigenvalue weighted by atomic mass is 32.1. The van der Waals surface area contributed by atoms with Gasteiger partial charge >= 0.3 is 0 Å². The minimum Gasteiger partial charge on any atom is -0.493 e. The predicted molar refractivity (Wildman–Crippen MR) is 80.5 cm³/mol. The summed E-state index contributed by atoms with van der Waals surface area (Å²) < 4.78 is 5.61. The molecule has 1 aromatic rings. The Morgan fingerprint density at radius 1 is 1.40 bits per heavy atom. The lowest BCUT2D eigenvalue weighted by Gasteiger charge is -2.40. The van der Waals surface area contributed by atoms with Crippen LogP contribution in [-0.4, -0.2) is 17.5 Å². The van der Waals surface area contributed by atoms with E-state index >= 15 is 0 Å². The van der Waals surface area contributed by atoms with E-state index in [4.69, 9.17) is 22.7 Å². The highest BCUT2D eigenvalue weighted by molar-refractivity contribution is 7.80. The summed E-state index contributed by atoms with van der Waals surface area (Å²) in [5, 5.41) is 3.11. The standard InChI is InChI=1S/C15H18N2O2S/c16-13(20)15(7-3-8-15)14(18)17-11-6-9-19-12-5-2-1-4-10(11)12/h1-2,4-5,11H,3,6-9H2,(H2,16,20)(H,17,18). The third kappa shape index (κ3) is 2.06. The summed E-state index contributed by atoms with van der Waals surface area (Å²) in [6.07, 6.45) is 3.31. The first-order chi connectivity index (χ1) is 9.63. The maximum Gasteiger partial charge on any atom is 0.233 e. The van der Waals surface area contributed by atoms with Crippen LogP contribution >= 0.6 is 12.2 Å². The normalized spacial score (nSPS) is 22.9. The molecule has 1 aromatic carbocycles. The van der Waals surface area contributed by atoms with Gasteiger partial charge in [-0.2, -0.15) is 0 Å². The Bertz CT molecular complexity index is 555. The van der Waals surface area contributed by atoms with Gasteiger partial charge in [-0.1, -0.05) is 36.8 Å². The first kappa shape index (κ1) is 13.4. The molecule has 1 amide bonds. The lowest BCUT2D eigenvalue weighted by molar-refractivity contribution is -0.131. The predicted octanol–water partition coefficient (Wildman–Crippen LogP) is 2.08. The molecular weight excluding hydrogens is 272 g/mol. The number of ether oxygens (including phenoxy) is 1. The van der Waals surface area contributed by atoms with E-state index in [-0.39, 0.29) is 11.9 Å². The Labute approximate surface area is 123 Å². The van der Waals surface area contributed by atoms with Crippen molar-refractivity contribution in [3.63, 3.8) is 0 Å². The zero-order valence-corrected chi connectivity index (χ0v) is 12.0. The van der Waals surface area contributed by atoms with Crippen molar-refractivity contribution in [3.8, 4) is 5.75 Å². The van der Waals surface area contributed by atoms with Crippen LogP contribution in [0.3, 0.4) is 0 Å². The molecule has 5 heteroatoms. The maximum absolute atomic E-state index is 12.5. The van der Waals surface area contributed by atoms with Gasteiger partial charge in [0, 0.05) is 12.0 Å². The number of carbonyl (C=O) groups excluding carboxylic acids is 1. The molecule has 1 saturated carbocycles. The minimum atomic E-state index is -0.622. The van der Waals surface area contributed by atoms with Gasteiger partial charge in [0.15, 0.2) is 0 Å². The lowest BCUT2D eigenvalue weighted by atomic mass is 9.68. The molecular formula is C15H18N2O2S. The number of amides is 1. The number of rotatable bonds is 3. The second-order valence-electron chi connectivity index (χ2n) is 5.50. The molecule has 3 N–H and O–H groups in total. The maximum atomic E-state index is 12.5. The summed E-state index contributed by atoms with van der Waals surface area (Å²) in [6.45, 7) is 0.613. The second kappa shape index (κ2) is 5.05. The molecule has 1 heterocycles. The third-order valence-electron chi connectivity index (χ3n) is 4.38. The van der Waals surface area contributed by atoms with E-state index in [0.29, 0.717) is 11.6 Å². The van der Waals surface area contributed by atoms with Crippen LogP contribution in [0.5, 0.6) is 5.75 Å². The molecule has 0 saturated heterocycles. The molecule has 4 nitrogen and oxygen atoms in total. The van der Waals surface area contributed by atoms with Gasteiger partial charge in [0.05, 0.1) is 23.1 Å². The van der Waals surface area contributed by atoms with Gasteiger partial charge in [0.1, 0.15) is 5.75 Å². The van der Waals surface area contributed by atoms with Crippen molar-refractivity contribution in [1.29, 1.82) is 0 Å². The fourth-order valence-electron chi connectivity index (χ4n) is 2.90. The molecule has 0 spiro atoms. The van der Waals surface area contributed by atoms with E-state index in [1.54, 1.807) is 0 Å². The second-order valence-corrected chi connectivity index (χ2v) is 5.94. The molecule has 3 rings (SSSR count). The van der Waals surface area contributed by atoms with E-state index < -0.39 is 5.41 Å². The van der Waals surface area contributed by atoms with Gasteiger partial charge in [-0.3, -0.25) is 4.79 Å². The molecule has 1 atom stereocenters. The van der Waals surface area contributed by atoms with Crippen molar-refractivity contribution >= 4 is 23.1 Å². The Kier molecular flexibility index (Phi) is 3.38. The van der Waals surface area contributed by atoms with Crippen LogP contribution in [0.1, 0.15) is 37.3 Å². The molecule has 1 fully saturated rings. The summed E-state index contributed by atoms with van der Waals surface area (Å²) in [4.78, 5) is 12.9. The molecule has 2 aliphatic rings. The molecule has 0 radical (unpaired) electrons. The first-order valence-electron chi connectivity index (χ1n) is 6.96. The quantitative estimate of drug-likeness (QED) is 0.837. The van der Waals surface area contributed by atoms with Crippen molar-refractivity contribution in [3.05, 3.63) is 29.8 Å². The number of thiocarbonyl (C=S) groups is 1. The van der Waals surface area contributed by atoms with E-state index in [2.05, 4.69) is 5.32 Å². The van der Waals surface area contributed by atoms with Crippen molar-refractivity contribution in [2.45, 2.75) is 31.7 Å². The molecule has 106 valence electrons. The van der Waals surface area contributed by atoms with Gasteiger partial charge < -0.3 is 15.8 Å². The highest BCUT2D eigenvalue weighted by Crippen LogP contribution is 2.42. The SMILES string of the molecule is NC(=S)C1(C(=O)NC2CCOc3ccccc32)CCC1. The van der Waals surface area contributed by atoms with Gasteiger partial charge in [0.25, 0.3) is 0 Å². The van der Waals surface area contributed by atoms with Crippen LogP contribution in [0, 0.1) is 5.41 Å². The number of para-hydroxylation sites is 1. The Morgan fingerprint density at radius 3 is 2.80 bits per heavy atom. The third-order valence-corrected chi connectivity index (χ3v) is 4.77. The zero-order valence-electron chi connectivity index (χ0n) is 11.2. The number of nitrogens with two attached hydrogens (primary N) is 1. The van der Waals surface area contributed by atoms with Crippen LogP contribution < -0.4 is 15.8 Å².